The highest BCUT2D eigenvalue weighted by atomic mass is 35.5. The predicted octanol–water partition coefficient (Wildman–Crippen LogP) is 1.39. The normalized spacial score (nSPS) is 10.2. The van der Waals surface area contributed by atoms with Gasteiger partial charge in [0.15, 0.2) is 0 Å². The fourth-order valence-electron chi connectivity index (χ4n) is 1.03. The van der Waals surface area contributed by atoms with E-state index >= 15 is 0 Å². The van der Waals surface area contributed by atoms with E-state index in [-0.39, 0.29) is 17.5 Å². The van der Waals surface area contributed by atoms with E-state index < -0.39 is 5.82 Å². The van der Waals surface area contributed by atoms with Crippen LogP contribution in [0.25, 0.3) is 0 Å². The molecule has 0 heterocycles. The Hall–Kier alpha value is -1.17. The van der Waals surface area contributed by atoms with Crippen molar-refractivity contribution in [3.8, 4) is 0 Å². The maximum Gasteiger partial charge on any atom is 0.250 e. The quantitative estimate of drug-likeness (QED) is 0.772. The van der Waals surface area contributed by atoms with Crippen molar-refractivity contribution in [2.75, 3.05) is 25.1 Å². The number of carbonyl (C=O) groups excluding carboxylic acids is 1. The van der Waals surface area contributed by atoms with E-state index in [9.17, 15) is 9.18 Å². The van der Waals surface area contributed by atoms with Gasteiger partial charge in [-0.25, -0.2) is 4.39 Å². The average Bonchev–Trinajstić information content (AvgIpc) is 2.23. The third-order valence-electron chi connectivity index (χ3n) is 1.70. The van der Waals surface area contributed by atoms with Crippen molar-refractivity contribution >= 4 is 23.2 Å². The number of halogens is 2. The fourth-order valence-corrected chi connectivity index (χ4v) is 1.24. The van der Waals surface area contributed by atoms with E-state index in [4.69, 9.17) is 22.1 Å². The van der Waals surface area contributed by atoms with E-state index in [1.807, 2.05) is 0 Å². The molecule has 0 spiro atoms. The first kappa shape index (κ1) is 12.9. The van der Waals surface area contributed by atoms with Crippen molar-refractivity contribution in [1.29, 1.82) is 0 Å². The molecule has 1 aromatic carbocycles. The fraction of sp³-hybridized carbons (Fsp3) is 0.300. The molecule has 0 bridgehead atoms. The molecule has 0 saturated carbocycles. The number of nitrogens with two attached hydrogens (primary N) is 1. The Bertz CT molecular complexity index is 374. The lowest BCUT2D eigenvalue weighted by molar-refractivity contribution is -0.120. The van der Waals surface area contributed by atoms with E-state index in [1.54, 1.807) is 0 Å². The number of hydrogen-bond donors (Lipinski definition) is 2. The average molecular weight is 247 g/mol. The maximum absolute atomic E-state index is 12.7. The predicted molar refractivity (Wildman–Crippen MR) is 59.9 cm³/mol. The second-order valence-electron chi connectivity index (χ2n) is 3.01. The Balaban J connectivity index is 2.49. The van der Waals surface area contributed by atoms with Crippen LogP contribution < -0.4 is 11.1 Å². The Morgan fingerprint density at radius 2 is 2.31 bits per heavy atom. The van der Waals surface area contributed by atoms with Gasteiger partial charge >= 0.3 is 0 Å². The second-order valence-corrected chi connectivity index (χ2v) is 3.42. The summed E-state index contributed by atoms with van der Waals surface area (Å²) in [5.74, 6) is -0.815. The first-order valence-corrected chi connectivity index (χ1v) is 5.04. The number of carbonyl (C=O) groups is 1. The lowest BCUT2D eigenvalue weighted by atomic mass is 10.3. The minimum Gasteiger partial charge on any atom is -0.370 e. The van der Waals surface area contributed by atoms with Gasteiger partial charge < -0.3 is 15.8 Å². The molecular weight excluding hydrogens is 235 g/mol. The molecule has 0 atom stereocenters. The van der Waals surface area contributed by atoms with Crippen LogP contribution in [-0.2, 0) is 9.53 Å². The summed E-state index contributed by atoms with van der Waals surface area (Å²) in [6, 6.07) is 3.72. The molecule has 88 valence electrons. The molecule has 0 aliphatic carbocycles. The Morgan fingerprint density at radius 3 is 2.94 bits per heavy atom. The van der Waals surface area contributed by atoms with Gasteiger partial charge in [0.1, 0.15) is 12.4 Å². The van der Waals surface area contributed by atoms with Crippen LogP contribution in [0, 0.1) is 5.82 Å². The molecule has 3 N–H and O–H groups in total. The highest BCUT2D eigenvalue weighted by Crippen LogP contribution is 2.22. The van der Waals surface area contributed by atoms with Crippen molar-refractivity contribution in [3.63, 3.8) is 0 Å². The van der Waals surface area contributed by atoms with Crippen LogP contribution in [0.15, 0.2) is 18.2 Å². The maximum atomic E-state index is 12.7. The van der Waals surface area contributed by atoms with Crippen molar-refractivity contribution < 1.29 is 13.9 Å². The van der Waals surface area contributed by atoms with Gasteiger partial charge in [-0.1, -0.05) is 11.6 Å². The van der Waals surface area contributed by atoms with E-state index in [1.165, 1.54) is 12.1 Å². The van der Waals surface area contributed by atoms with Crippen LogP contribution in [0.5, 0.6) is 0 Å². The molecule has 4 nitrogen and oxygen atoms in total. The van der Waals surface area contributed by atoms with E-state index in [0.717, 1.165) is 6.07 Å². The second kappa shape index (κ2) is 6.42. The van der Waals surface area contributed by atoms with Crippen LogP contribution in [0.4, 0.5) is 10.1 Å². The van der Waals surface area contributed by atoms with Gasteiger partial charge in [-0.3, -0.25) is 4.79 Å². The standard InChI is InChI=1S/C10H12ClFN2O2/c11-8-5-7(12)1-2-9(8)14-10(15)6-16-4-3-13/h1-2,5H,3-4,6,13H2,(H,14,15). The molecule has 0 aliphatic heterocycles. The number of ether oxygens (including phenoxy) is 1. The van der Waals surface area contributed by atoms with Gasteiger partial charge in [0.05, 0.1) is 17.3 Å². The van der Waals surface area contributed by atoms with E-state index in [2.05, 4.69) is 5.32 Å². The third kappa shape index (κ3) is 4.14. The van der Waals surface area contributed by atoms with Crippen molar-refractivity contribution in [2.45, 2.75) is 0 Å². The van der Waals surface area contributed by atoms with Gasteiger partial charge in [-0.05, 0) is 18.2 Å². The van der Waals surface area contributed by atoms with Crippen LogP contribution in [0.1, 0.15) is 0 Å². The Morgan fingerprint density at radius 1 is 1.56 bits per heavy atom. The third-order valence-corrected chi connectivity index (χ3v) is 2.01. The molecule has 0 aliphatic rings. The van der Waals surface area contributed by atoms with Gasteiger partial charge in [0.2, 0.25) is 5.91 Å². The summed E-state index contributed by atoms with van der Waals surface area (Å²) < 4.78 is 17.6. The summed E-state index contributed by atoms with van der Waals surface area (Å²) in [4.78, 5) is 11.3. The summed E-state index contributed by atoms with van der Waals surface area (Å²) in [5.41, 5.74) is 5.54. The zero-order chi connectivity index (χ0) is 12.0. The summed E-state index contributed by atoms with van der Waals surface area (Å²) in [6.07, 6.45) is 0. The molecule has 16 heavy (non-hydrogen) atoms. The van der Waals surface area contributed by atoms with Crippen LogP contribution in [0.3, 0.4) is 0 Å². The van der Waals surface area contributed by atoms with Gasteiger partial charge in [0, 0.05) is 6.54 Å². The topological polar surface area (TPSA) is 64.3 Å². The zero-order valence-electron chi connectivity index (χ0n) is 8.50. The number of nitrogens with one attached hydrogen (secondary N) is 1. The van der Waals surface area contributed by atoms with Crippen molar-refractivity contribution in [2.24, 2.45) is 5.73 Å². The smallest absolute Gasteiger partial charge is 0.250 e. The first-order chi connectivity index (χ1) is 7.63. The summed E-state index contributed by atoms with van der Waals surface area (Å²) >= 11 is 5.72. The Labute approximate surface area is 97.5 Å². The lowest BCUT2D eigenvalue weighted by Crippen LogP contribution is -2.20. The van der Waals surface area contributed by atoms with E-state index in [0.29, 0.717) is 18.8 Å². The van der Waals surface area contributed by atoms with Crippen molar-refractivity contribution in [3.05, 3.63) is 29.0 Å². The summed E-state index contributed by atoms with van der Waals surface area (Å²) in [6.45, 7) is 0.556. The molecule has 0 saturated heterocycles. The van der Waals surface area contributed by atoms with Crippen molar-refractivity contribution in [1.82, 2.24) is 0 Å². The zero-order valence-corrected chi connectivity index (χ0v) is 9.26. The molecule has 0 unspecified atom stereocenters. The summed E-state index contributed by atoms with van der Waals surface area (Å²) in [5, 5.41) is 2.64. The number of benzene rings is 1. The number of amides is 1. The molecule has 1 aromatic rings. The summed E-state index contributed by atoms with van der Waals surface area (Å²) in [7, 11) is 0. The van der Waals surface area contributed by atoms with Gasteiger partial charge in [-0.15, -0.1) is 0 Å². The minimum atomic E-state index is -0.456. The largest absolute Gasteiger partial charge is 0.370 e. The highest BCUT2D eigenvalue weighted by Gasteiger charge is 2.06. The number of hydrogen-bond acceptors (Lipinski definition) is 3. The van der Waals surface area contributed by atoms with Gasteiger partial charge in [-0.2, -0.15) is 0 Å². The SMILES string of the molecule is NCCOCC(=O)Nc1ccc(F)cc1Cl. The van der Waals surface area contributed by atoms with Gasteiger partial charge in [0.25, 0.3) is 0 Å². The van der Waals surface area contributed by atoms with Crippen LogP contribution >= 0.6 is 11.6 Å². The lowest BCUT2D eigenvalue weighted by Gasteiger charge is -2.07. The highest BCUT2D eigenvalue weighted by molar-refractivity contribution is 6.33. The molecule has 0 aromatic heterocycles. The molecule has 1 rings (SSSR count). The molecule has 1 amide bonds. The Kier molecular flexibility index (Phi) is 5.18. The number of rotatable bonds is 5. The first-order valence-electron chi connectivity index (χ1n) is 4.66. The molecular formula is C10H12ClFN2O2. The number of anilines is 1. The minimum absolute atomic E-state index is 0.106. The monoisotopic (exact) mass is 246 g/mol. The molecule has 0 radical (unpaired) electrons. The molecule has 6 heteroatoms. The molecule has 0 fully saturated rings. The van der Waals surface area contributed by atoms with Crippen LogP contribution in [0.2, 0.25) is 5.02 Å². The van der Waals surface area contributed by atoms with Crippen LogP contribution in [-0.4, -0.2) is 25.7 Å².